The fourth-order valence-corrected chi connectivity index (χ4v) is 3.73. The van der Waals surface area contributed by atoms with Crippen LogP contribution >= 0.6 is 0 Å². The van der Waals surface area contributed by atoms with Crippen LogP contribution in [-0.2, 0) is 13.1 Å². The maximum absolute atomic E-state index is 12.9. The molecule has 3 aromatic rings. The van der Waals surface area contributed by atoms with Gasteiger partial charge in [-0.15, -0.1) is 0 Å². The standard InChI is InChI=1S/C20H24N6O2/c1-14-4-7-25(13-15-3-2-5-21-9-15)20(28)18(14)19(27)24-11-16-10-23-17-12-22-6-8-26(16)17/h4,6-8,10,12,15,21H,2-3,5,9,11,13H2,1H3,(H,24,27). The molecule has 4 rings (SSSR count). The van der Waals surface area contributed by atoms with E-state index < -0.39 is 0 Å². The smallest absolute Gasteiger partial charge is 0.263 e. The number of rotatable bonds is 5. The first-order valence-corrected chi connectivity index (χ1v) is 9.58. The Morgan fingerprint density at radius 1 is 1.36 bits per heavy atom. The minimum atomic E-state index is -0.359. The third kappa shape index (κ3) is 3.68. The number of carbonyl (C=O) groups is 1. The molecule has 1 aliphatic rings. The molecular formula is C20H24N6O2. The number of aromatic nitrogens is 4. The predicted octanol–water partition coefficient (Wildman–Crippen LogP) is 1.13. The lowest BCUT2D eigenvalue weighted by atomic mass is 9.99. The summed E-state index contributed by atoms with van der Waals surface area (Å²) in [5.41, 5.74) is 2.20. The van der Waals surface area contributed by atoms with E-state index in [-0.39, 0.29) is 23.6 Å². The highest BCUT2D eigenvalue weighted by Gasteiger charge is 2.19. The minimum absolute atomic E-state index is 0.210. The molecule has 0 bridgehead atoms. The molecule has 8 heteroatoms. The number of imidazole rings is 1. The average Bonchev–Trinajstić information content (AvgIpc) is 3.13. The van der Waals surface area contributed by atoms with Gasteiger partial charge >= 0.3 is 0 Å². The van der Waals surface area contributed by atoms with E-state index in [1.165, 1.54) is 0 Å². The van der Waals surface area contributed by atoms with Gasteiger partial charge in [0.25, 0.3) is 11.5 Å². The summed E-state index contributed by atoms with van der Waals surface area (Å²) in [4.78, 5) is 34.0. The molecule has 1 unspecified atom stereocenters. The molecule has 3 aromatic heterocycles. The van der Waals surface area contributed by atoms with Crippen molar-refractivity contribution in [1.82, 2.24) is 29.6 Å². The van der Waals surface area contributed by atoms with Crippen LogP contribution in [0.4, 0.5) is 0 Å². The Kier molecular flexibility index (Phi) is 5.21. The summed E-state index contributed by atoms with van der Waals surface area (Å²) in [6.45, 7) is 4.65. The molecule has 4 heterocycles. The fraction of sp³-hybridized carbons (Fsp3) is 0.400. The Morgan fingerprint density at radius 3 is 3.07 bits per heavy atom. The Morgan fingerprint density at radius 2 is 2.25 bits per heavy atom. The Hall–Kier alpha value is -3.00. The maximum atomic E-state index is 12.9. The first kappa shape index (κ1) is 18.4. The molecule has 146 valence electrons. The van der Waals surface area contributed by atoms with Crippen molar-refractivity contribution < 1.29 is 4.79 Å². The van der Waals surface area contributed by atoms with Crippen molar-refractivity contribution in [3.05, 3.63) is 64.2 Å². The van der Waals surface area contributed by atoms with Crippen LogP contribution in [0.15, 0.2) is 41.8 Å². The number of carbonyl (C=O) groups excluding carboxylic acids is 1. The third-order valence-corrected chi connectivity index (χ3v) is 5.28. The van der Waals surface area contributed by atoms with Crippen LogP contribution in [0.2, 0.25) is 0 Å². The zero-order valence-corrected chi connectivity index (χ0v) is 15.9. The summed E-state index contributed by atoms with van der Waals surface area (Å²) in [7, 11) is 0. The monoisotopic (exact) mass is 380 g/mol. The number of aryl methyl sites for hydroxylation is 1. The molecule has 1 aliphatic heterocycles. The first-order valence-electron chi connectivity index (χ1n) is 9.58. The van der Waals surface area contributed by atoms with Crippen LogP contribution < -0.4 is 16.2 Å². The summed E-state index contributed by atoms with van der Waals surface area (Å²) in [5.74, 6) is 0.0551. The molecule has 1 amide bonds. The molecule has 0 saturated carbocycles. The molecule has 0 spiro atoms. The van der Waals surface area contributed by atoms with Crippen LogP contribution in [0.25, 0.3) is 5.65 Å². The summed E-state index contributed by atoms with van der Waals surface area (Å²) in [6.07, 6.45) is 10.8. The van der Waals surface area contributed by atoms with Crippen molar-refractivity contribution in [3.8, 4) is 0 Å². The second kappa shape index (κ2) is 7.93. The van der Waals surface area contributed by atoms with Gasteiger partial charge in [-0.1, -0.05) is 0 Å². The largest absolute Gasteiger partial charge is 0.346 e. The van der Waals surface area contributed by atoms with Crippen molar-refractivity contribution in [3.63, 3.8) is 0 Å². The molecule has 28 heavy (non-hydrogen) atoms. The first-order chi connectivity index (χ1) is 13.6. The summed E-state index contributed by atoms with van der Waals surface area (Å²) < 4.78 is 3.53. The Balaban J connectivity index is 1.51. The zero-order chi connectivity index (χ0) is 19.5. The van der Waals surface area contributed by atoms with Crippen LogP contribution in [0, 0.1) is 12.8 Å². The quantitative estimate of drug-likeness (QED) is 0.692. The van der Waals surface area contributed by atoms with E-state index in [9.17, 15) is 9.59 Å². The highest BCUT2D eigenvalue weighted by Crippen LogP contribution is 2.12. The van der Waals surface area contributed by atoms with Gasteiger partial charge in [0.2, 0.25) is 0 Å². The average molecular weight is 380 g/mol. The van der Waals surface area contributed by atoms with Crippen LogP contribution in [-0.4, -0.2) is 37.9 Å². The number of amides is 1. The lowest BCUT2D eigenvalue weighted by molar-refractivity contribution is 0.0947. The lowest BCUT2D eigenvalue weighted by Crippen LogP contribution is -2.38. The normalized spacial score (nSPS) is 17.0. The number of hydrogen-bond acceptors (Lipinski definition) is 5. The Bertz CT molecular complexity index is 1050. The topological polar surface area (TPSA) is 93.3 Å². The van der Waals surface area contributed by atoms with Gasteiger partial charge < -0.3 is 15.2 Å². The van der Waals surface area contributed by atoms with E-state index in [1.807, 2.05) is 10.5 Å². The van der Waals surface area contributed by atoms with Gasteiger partial charge in [-0.2, -0.15) is 0 Å². The summed E-state index contributed by atoms with van der Waals surface area (Å²) >= 11 is 0. The van der Waals surface area contributed by atoms with Crippen molar-refractivity contribution in [1.29, 1.82) is 0 Å². The van der Waals surface area contributed by atoms with Gasteiger partial charge in [0.1, 0.15) is 5.56 Å². The minimum Gasteiger partial charge on any atom is -0.346 e. The van der Waals surface area contributed by atoms with Gasteiger partial charge in [0.05, 0.1) is 24.6 Å². The molecule has 1 atom stereocenters. The number of piperidine rings is 1. The van der Waals surface area contributed by atoms with Crippen molar-refractivity contribution >= 4 is 11.6 Å². The molecule has 1 saturated heterocycles. The van der Waals surface area contributed by atoms with Gasteiger partial charge in [0, 0.05) is 25.1 Å². The molecule has 2 N–H and O–H groups in total. The predicted molar refractivity (Wildman–Crippen MR) is 105 cm³/mol. The lowest BCUT2D eigenvalue weighted by Gasteiger charge is -2.23. The number of nitrogens with zero attached hydrogens (tertiary/aromatic N) is 4. The molecule has 0 radical (unpaired) electrons. The van der Waals surface area contributed by atoms with Crippen LogP contribution in [0.5, 0.6) is 0 Å². The zero-order valence-electron chi connectivity index (χ0n) is 15.9. The summed E-state index contributed by atoms with van der Waals surface area (Å²) in [6, 6.07) is 1.84. The van der Waals surface area contributed by atoms with Crippen LogP contribution in [0.3, 0.4) is 0 Å². The molecule has 1 fully saturated rings. The molecule has 0 aliphatic carbocycles. The van der Waals surface area contributed by atoms with Crippen LogP contribution in [0.1, 0.15) is 34.5 Å². The fourth-order valence-electron chi connectivity index (χ4n) is 3.73. The van der Waals surface area contributed by atoms with E-state index in [1.54, 1.807) is 42.5 Å². The highest BCUT2D eigenvalue weighted by atomic mass is 16.2. The van der Waals surface area contributed by atoms with E-state index in [0.29, 0.717) is 23.7 Å². The number of nitrogens with one attached hydrogen (secondary N) is 2. The summed E-state index contributed by atoms with van der Waals surface area (Å²) in [5, 5.41) is 6.23. The van der Waals surface area contributed by atoms with E-state index in [2.05, 4.69) is 20.6 Å². The Labute approximate surface area is 162 Å². The molecule has 8 nitrogen and oxygen atoms in total. The molecule has 0 aromatic carbocycles. The second-order valence-electron chi connectivity index (χ2n) is 7.28. The van der Waals surface area contributed by atoms with Crippen molar-refractivity contribution in [2.75, 3.05) is 13.1 Å². The van der Waals surface area contributed by atoms with Gasteiger partial charge in [0.15, 0.2) is 5.65 Å². The maximum Gasteiger partial charge on any atom is 0.263 e. The van der Waals surface area contributed by atoms with Crippen molar-refractivity contribution in [2.24, 2.45) is 5.92 Å². The van der Waals surface area contributed by atoms with E-state index in [0.717, 1.165) is 31.6 Å². The van der Waals surface area contributed by atoms with E-state index >= 15 is 0 Å². The van der Waals surface area contributed by atoms with Crippen molar-refractivity contribution in [2.45, 2.75) is 32.9 Å². The third-order valence-electron chi connectivity index (χ3n) is 5.28. The SMILES string of the molecule is Cc1ccn(CC2CCCNC2)c(=O)c1C(=O)NCc1cnc2cnccn12. The van der Waals surface area contributed by atoms with Gasteiger partial charge in [-0.3, -0.25) is 19.0 Å². The highest BCUT2D eigenvalue weighted by molar-refractivity contribution is 5.95. The van der Waals surface area contributed by atoms with Gasteiger partial charge in [-0.05, 0) is 50.4 Å². The number of pyridine rings is 1. The van der Waals surface area contributed by atoms with E-state index in [4.69, 9.17) is 0 Å². The van der Waals surface area contributed by atoms with Gasteiger partial charge in [-0.25, -0.2) is 4.98 Å². The number of hydrogen-bond donors (Lipinski definition) is 2. The molecular weight excluding hydrogens is 356 g/mol. The second-order valence-corrected chi connectivity index (χ2v) is 7.28. The number of fused-ring (bicyclic) bond motifs is 1.